The number of aromatic amines is 2. The second kappa shape index (κ2) is 4.99. The van der Waals surface area contributed by atoms with Crippen LogP contribution in [0.2, 0.25) is 0 Å². The van der Waals surface area contributed by atoms with E-state index in [9.17, 15) is 4.21 Å². The molecule has 0 saturated heterocycles. The summed E-state index contributed by atoms with van der Waals surface area (Å²) >= 11 is 0. The molecule has 1 atom stereocenters. The van der Waals surface area contributed by atoms with E-state index in [4.69, 9.17) is 0 Å². The third-order valence-electron chi connectivity index (χ3n) is 6.69. The van der Waals surface area contributed by atoms with Gasteiger partial charge in [-0.1, -0.05) is 43.5 Å². The Morgan fingerprint density at radius 2 is 1.57 bits per heavy atom. The van der Waals surface area contributed by atoms with E-state index in [-0.39, 0.29) is 0 Å². The van der Waals surface area contributed by atoms with Gasteiger partial charge in [-0.2, -0.15) is 0 Å². The van der Waals surface area contributed by atoms with Crippen LogP contribution in [0.4, 0.5) is 0 Å². The highest BCUT2D eigenvalue weighted by molar-refractivity contribution is 8.00. The fourth-order valence-corrected chi connectivity index (χ4v) is 7.10. The Hall–Kier alpha value is -3.44. The Bertz CT molecular complexity index is 1950. The number of benzene rings is 3. The van der Waals surface area contributed by atoms with Gasteiger partial charge < -0.3 is 14.5 Å². The van der Waals surface area contributed by atoms with Gasteiger partial charge in [0.25, 0.3) is 0 Å². The largest absolute Gasteiger partial charge is 0.355 e. The van der Waals surface area contributed by atoms with E-state index >= 15 is 0 Å². The maximum Gasteiger partial charge on any atom is 0.0744 e. The molecule has 0 fully saturated rings. The molecule has 146 valence electrons. The van der Waals surface area contributed by atoms with Crippen molar-refractivity contribution in [2.45, 2.75) is 11.4 Å². The molecule has 1 aliphatic rings. The van der Waals surface area contributed by atoms with Gasteiger partial charge in [0.1, 0.15) is 0 Å². The van der Waals surface area contributed by atoms with E-state index in [1.165, 1.54) is 10.8 Å². The number of para-hydroxylation sites is 2. The van der Waals surface area contributed by atoms with E-state index in [0.717, 1.165) is 59.2 Å². The number of hydrogen-bond donors (Lipinski definition) is 2. The Morgan fingerprint density at radius 3 is 2.40 bits per heavy atom. The van der Waals surface area contributed by atoms with Crippen LogP contribution in [0, 0.1) is 0 Å². The summed E-state index contributed by atoms with van der Waals surface area (Å²) in [5.41, 5.74) is 4.39. The van der Waals surface area contributed by atoms with Crippen LogP contribution in [0.15, 0.2) is 47.4 Å². The Morgan fingerprint density at radius 1 is 0.833 bits per heavy atom. The van der Waals surface area contributed by atoms with E-state index in [0.29, 0.717) is 12.3 Å². The molecule has 4 nitrogen and oxygen atoms in total. The van der Waals surface area contributed by atoms with Gasteiger partial charge in [0.05, 0.1) is 21.4 Å². The van der Waals surface area contributed by atoms with Crippen LogP contribution in [0.25, 0.3) is 67.5 Å². The number of aromatic nitrogens is 3. The van der Waals surface area contributed by atoms with Crippen molar-refractivity contribution in [1.82, 2.24) is 14.5 Å². The van der Waals surface area contributed by atoms with E-state index in [1.807, 2.05) is 12.1 Å². The van der Waals surface area contributed by atoms with Crippen LogP contribution in [0.5, 0.6) is 0 Å². The Labute approximate surface area is 172 Å². The van der Waals surface area contributed by atoms with Crippen molar-refractivity contribution in [3.8, 4) is 0 Å². The number of hydrogen-bond acceptors (Lipinski definition) is 1. The van der Waals surface area contributed by atoms with Gasteiger partial charge in [-0.25, -0.2) is 0 Å². The minimum atomic E-state index is -2.30. The van der Waals surface area contributed by atoms with Crippen molar-refractivity contribution in [1.29, 1.82) is 0 Å². The number of fused-ring (bicyclic) bond motifs is 10. The average Bonchev–Trinajstić information content (AvgIpc) is 3.35. The lowest BCUT2D eigenvalue weighted by molar-refractivity contribution is 0.670. The minimum absolute atomic E-state index is 0.549. The van der Waals surface area contributed by atoms with Gasteiger partial charge in [0.2, 0.25) is 0 Å². The summed E-state index contributed by atoms with van der Waals surface area (Å²) in [6, 6.07) is 14.5. The van der Waals surface area contributed by atoms with Crippen molar-refractivity contribution >= 4 is 82.9 Å². The fourth-order valence-electron chi connectivity index (χ4n) is 5.50. The maximum absolute atomic E-state index is 13.3. The molecule has 0 spiro atoms. The van der Waals surface area contributed by atoms with Gasteiger partial charge in [0.15, 0.2) is 0 Å². The molecular weight excluding hydrogens is 390 g/mol. The lowest BCUT2D eigenvalue weighted by atomic mass is 10.0. The van der Waals surface area contributed by atoms with Gasteiger partial charge in [-0.05, 0) is 27.5 Å². The standard InChI is InChI=1S/C25H19N3OS/c1-13-19-20(14(2)26-13)22-16-8-6-10-18-24(16)28(11-12-30(18,3)29)25(22)23-21(19)15-7-4-5-9-17(15)27-23/h4-10,26-27H,1-3,11-12H2. The SMILES string of the molecule is C=c1[nH]c(=C)c2c1c1c3ccccc3[nH]c1c1c2c2cccc3c2n1CCS3(=C)=O. The zero-order valence-electron chi connectivity index (χ0n) is 16.3. The summed E-state index contributed by atoms with van der Waals surface area (Å²) in [6.45, 7) is 9.30. The molecule has 30 heavy (non-hydrogen) atoms. The topological polar surface area (TPSA) is 53.6 Å². The van der Waals surface area contributed by atoms with Gasteiger partial charge >= 0.3 is 0 Å². The quantitative estimate of drug-likeness (QED) is 0.368. The highest BCUT2D eigenvalue weighted by Crippen LogP contribution is 2.43. The summed E-state index contributed by atoms with van der Waals surface area (Å²) < 4.78 is 15.6. The highest BCUT2D eigenvalue weighted by atomic mass is 32.2. The smallest absolute Gasteiger partial charge is 0.0744 e. The second-order valence-corrected chi connectivity index (χ2v) is 10.8. The average molecular weight is 410 g/mol. The molecule has 5 heteroatoms. The molecule has 0 aliphatic carbocycles. The number of H-pyrrole nitrogens is 2. The van der Waals surface area contributed by atoms with Gasteiger partial charge in [-0.3, -0.25) is 4.21 Å². The normalized spacial score (nSPS) is 19.1. The summed E-state index contributed by atoms with van der Waals surface area (Å²) in [7, 11) is -2.30. The van der Waals surface area contributed by atoms with Crippen LogP contribution in [0.1, 0.15) is 0 Å². The molecule has 3 aromatic heterocycles. The van der Waals surface area contributed by atoms with Crippen molar-refractivity contribution in [2.24, 2.45) is 0 Å². The molecule has 1 aliphatic heterocycles. The third-order valence-corrected chi connectivity index (χ3v) is 8.66. The molecule has 0 bridgehead atoms. The molecule has 2 N–H and O–H groups in total. The number of rotatable bonds is 0. The lowest BCUT2D eigenvalue weighted by Crippen LogP contribution is -2.19. The van der Waals surface area contributed by atoms with Crippen molar-refractivity contribution < 1.29 is 4.21 Å². The van der Waals surface area contributed by atoms with Crippen molar-refractivity contribution in [2.75, 3.05) is 5.75 Å². The fraction of sp³-hybridized carbons (Fsp3) is 0.0800. The van der Waals surface area contributed by atoms with Gasteiger partial charge in [-0.15, -0.1) is 0 Å². The number of nitrogens with zero attached hydrogens (tertiary/aromatic N) is 1. The van der Waals surface area contributed by atoms with Crippen molar-refractivity contribution in [3.63, 3.8) is 0 Å². The second-order valence-electron chi connectivity index (χ2n) is 8.30. The Balaban J connectivity index is 1.97. The van der Waals surface area contributed by atoms with Crippen LogP contribution >= 0.6 is 0 Å². The van der Waals surface area contributed by atoms with Crippen molar-refractivity contribution in [3.05, 3.63) is 53.2 Å². The molecule has 0 radical (unpaired) electrons. The number of aryl methyl sites for hydroxylation is 1. The summed E-state index contributed by atoms with van der Waals surface area (Å²) in [6.07, 6.45) is 0. The first-order valence-electron chi connectivity index (χ1n) is 9.99. The molecular formula is C25H19N3OS. The predicted octanol–water partition coefficient (Wildman–Crippen LogP) is 3.82. The molecule has 3 aromatic carbocycles. The zero-order chi connectivity index (χ0) is 20.4. The summed E-state index contributed by atoms with van der Waals surface area (Å²) in [5, 5.41) is 8.56. The molecule has 6 aromatic rings. The third kappa shape index (κ3) is 1.70. The maximum atomic E-state index is 13.3. The first-order valence-corrected chi connectivity index (χ1v) is 11.9. The van der Waals surface area contributed by atoms with E-state index in [2.05, 4.69) is 63.9 Å². The first-order chi connectivity index (χ1) is 14.5. The zero-order valence-corrected chi connectivity index (χ0v) is 17.2. The summed E-state index contributed by atoms with van der Waals surface area (Å²) in [5.74, 6) is 4.63. The molecule has 0 amide bonds. The highest BCUT2D eigenvalue weighted by Gasteiger charge is 2.27. The van der Waals surface area contributed by atoms with Gasteiger partial charge in [0, 0.05) is 60.8 Å². The van der Waals surface area contributed by atoms with Crippen LogP contribution in [-0.4, -0.2) is 30.4 Å². The first kappa shape index (κ1) is 16.4. The lowest BCUT2D eigenvalue weighted by Gasteiger charge is -2.20. The Kier molecular flexibility index (Phi) is 2.72. The van der Waals surface area contributed by atoms with Crippen LogP contribution < -0.4 is 10.7 Å². The summed E-state index contributed by atoms with van der Waals surface area (Å²) in [4.78, 5) is 7.92. The predicted molar refractivity (Wildman–Crippen MR) is 129 cm³/mol. The number of nitrogens with one attached hydrogen (secondary N) is 2. The van der Waals surface area contributed by atoms with Crippen LogP contribution in [0.3, 0.4) is 0 Å². The van der Waals surface area contributed by atoms with E-state index in [1.54, 1.807) is 0 Å². The molecule has 4 heterocycles. The minimum Gasteiger partial charge on any atom is -0.355 e. The monoisotopic (exact) mass is 409 g/mol. The molecule has 7 rings (SSSR count). The molecule has 1 unspecified atom stereocenters. The molecule has 0 saturated carbocycles. The van der Waals surface area contributed by atoms with Crippen LogP contribution in [-0.2, 0) is 16.1 Å². The van der Waals surface area contributed by atoms with E-state index < -0.39 is 9.52 Å².